The zero-order valence-electron chi connectivity index (χ0n) is 12.2. The van der Waals surface area contributed by atoms with E-state index in [0.29, 0.717) is 13.1 Å². The number of non-ortho nitro benzene ring substituents is 1. The van der Waals surface area contributed by atoms with Crippen LogP contribution in [0.2, 0.25) is 0 Å². The van der Waals surface area contributed by atoms with E-state index in [1.54, 1.807) is 4.31 Å². The molecule has 0 amide bonds. The molecular weight excluding hydrogens is 306 g/mol. The second-order valence-corrected chi connectivity index (χ2v) is 7.77. The Hall–Kier alpha value is -1.51. The Morgan fingerprint density at radius 1 is 1.14 bits per heavy atom. The number of sulfonamides is 1. The third-order valence-corrected chi connectivity index (χ3v) is 6.73. The highest BCUT2D eigenvalue weighted by atomic mass is 32.2. The summed E-state index contributed by atoms with van der Waals surface area (Å²) in [5, 5.41) is 14.0. The number of hydrogen-bond donors (Lipinski definition) is 1. The highest BCUT2D eigenvalue weighted by Gasteiger charge is 2.48. The van der Waals surface area contributed by atoms with Gasteiger partial charge in [0.1, 0.15) is 0 Å². The molecule has 22 heavy (non-hydrogen) atoms. The molecule has 0 unspecified atom stereocenters. The fourth-order valence-corrected chi connectivity index (χ4v) is 5.16. The van der Waals surface area contributed by atoms with Gasteiger partial charge >= 0.3 is 0 Å². The van der Waals surface area contributed by atoms with Crippen molar-refractivity contribution in [3.8, 4) is 0 Å². The Labute approximate surface area is 129 Å². The van der Waals surface area contributed by atoms with Crippen LogP contribution in [0.25, 0.3) is 0 Å². The van der Waals surface area contributed by atoms with Gasteiger partial charge in [0.2, 0.25) is 10.0 Å². The number of benzene rings is 1. The van der Waals surface area contributed by atoms with Gasteiger partial charge in [-0.15, -0.1) is 0 Å². The summed E-state index contributed by atoms with van der Waals surface area (Å²) in [4.78, 5) is 10.3. The van der Waals surface area contributed by atoms with Crippen molar-refractivity contribution in [1.29, 1.82) is 0 Å². The Morgan fingerprint density at radius 3 is 2.36 bits per heavy atom. The van der Waals surface area contributed by atoms with Crippen molar-refractivity contribution in [3.63, 3.8) is 0 Å². The molecule has 1 aromatic carbocycles. The van der Waals surface area contributed by atoms with Gasteiger partial charge < -0.3 is 5.32 Å². The number of nitrogens with zero attached hydrogens (tertiary/aromatic N) is 2. The molecule has 1 N–H and O–H groups in total. The first-order valence-electron chi connectivity index (χ1n) is 7.44. The van der Waals surface area contributed by atoms with Crippen molar-refractivity contribution in [3.05, 3.63) is 34.4 Å². The Morgan fingerprint density at radius 2 is 1.82 bits per heavy atom. The van der Waals surface area contributed by atoms with Crippen LogP contribution >= 0.6 is 0 Å². The molecule has 0 aromatic heterocycles. The van der Waals surface area contributed by atoms with Crippen molar-refractivity contribution in [1.82, 2.24) is 9.62 Å². The smallest absolute Gasteiger partial charge is 0.269 e. The molecule has 8 heteroatoms. The van der Waals surface area contributed by atoms with E-state index in [2.05, 4.69) is 5.32 Å². The molecule has 1 aliphatic carbocycles. The van der Waals surface area contributed by atoms with Gasteiger partial charge in [0.25, 0.3) is 5.69 Å². The van der Waals surface area contributed by atoms with Gasteiger partial charge in [-0.25, -0.2) is 8.42 Å². The number of nitro groups is 1. The van der Waals surface area contributed by atoms with Crippen molar-refractivity contribution < 1.29 is 13.3 Å². The van der Waals surface area contributed by atoms with E-state index in [0.717, 1.165) is 32.2 Å². The molecule has 1 aromatic rings. The van der Waals surface area contributed by atoms with E-state index in [1.165, 1.54) is 24.3 Å². The van der Waals surface area contributed by atoms with Gasteiger partial charge in [-0.3, -0.25) is 10.1 Å². The molecule has 1 saturated carbocycles. The first-order chi connectivity index (χ1) is 10.5. The third kappa shape index (κ3) is 2.51. The van der Waals surface area contributed by atoms with Gasteiger partial charge in [0.05, 0.1) is 9.82 Å². The summed E-state index contributed by atoms with van der Waals surface area (Å²) in [5.41, 5.74) is -0.376. The van der Waals surface area contributed by atoms with Gasteiger partial charge in [-0.05, 0) is 44.4 Å². The van der Waals surface area contributed by atoms with Gasteiger partial charge in [-0.1, -0.05) is 0 Å². The van der Waals surface area contributed by atoms with Crippen LogP contribution in [0.1, 0.15) is 25.7 Å². The second kappa shape index (κ2) is 5.60. The number of rotatable bonds is 3. The predicted molar refractivity (Wildman–Crippen MR) is 81.1 cm³/mol. The van der Waals surface area contributed by atoms with Crippen LogP contribution in [0.3, 0.4) is 0 Å². The molecular formula is C14H19N3O4S. The summed E-state index contributed by atoms with van der Waals surface area (Å²) >= 11 is 0. The van der Waals surface area contributed by atoms with E-state index in [-0.39, 0.29) is 16.1 Å². The predicted octanol–water partition coefficient (Wildman–Crippen LogP) is 1.50. The molecule has 1 aliphatic heterocycles. The minimum absolute atomic E-state index is 0.102. The van der Waals surface area contributed by atoms with Crippen LogP contribution < -0.4 is 5.32 Å². The fourth-order valence-electron chi connectivity index (χ4n) is 3.32. The lowest BCUT2D eigenvalue weighted by atomic mass is 9.74. The van der Waals surface area contributed by atoms with Gasteiger partial charge in [0, 0.05) is 30.8 Å². The normalized spacial score (nSPS) is 22.0. The second-order valence-electron chi connectivity index (χ2n) is 5.91. The molecule has 7 nitrogen and oxygen atoms in total. The molecule has 2 fully saturated rings. The van der Waals surface area contributed by atoms with E-state index in [4.69, 9.17) is 0 Å². The molecule has 3 rings (SSSR count). The first kappa shape index (κ1) is 15.4. The molecule has 0 radical (unpaired) electrons. The lowest BCUT2D eigenvalue weighted by molar-refractivity contribution is -0.384. The Kier molecular flexibility index (Phi) is 3.92. The van der Waals surface area contributed by atoms with E-state index >= 15 is 0 Å². The molecule has 120 valence electrons. The molecule has 2 aliphatic rings. The maximum absolute atomic E-state index is 13.0. The Balaban J connectivity index is 1.95. The molecule has 1 spiro atoms. The Bertz CT molecular complexity index is 668. The van der Waals surface area contributed by atoms with Crippen LogP contribution in [0.15, 0.2) is 29.2 Å². The maximum atomic E-state index is 13.0. The number of nitro benzene ring substituents is 1. The summed E-state index contributed by atoms with van der Waals surface area (Å²) in [5.74, 6) is 0. The van der Waals surface area contributed by atoms with Crippen molar-refractivity contribution >= 4 is 15.7 Å². The van der Waals surface area contributed by atoms with Crippen molar-refractivity contribution in [2.45, 2.75) is 36.1 Å². The zero-order valence-corrected chi connectivity index (χ0v) is 13.0. The molecule has 0 atom stereocenters. The van der Waals surface area contributed by atoms with Crippen LogP contribution in [0.5, 0.6) is 0 Å². The third-order valence-electron chi connectivity index (χ3n) is 4.71. The summed E-state index contributed by atoms with van der Waals surface area (Å²) in [7, 11) is -3.63. The monoisotopic (exact) mass is 325 g/mol. The maximum Gasteiger partial charge on any atom is 0.269 e. The van der Waals surface area contributed by atoms with Crippen molar-refractivity contribution in [2.75, 3.05) is 19.6 Å². The summed E-state index contributed by atoms with van der Waals surface area (Å²) in [6.45, 7) is 1.90. The first-order valence-corrected chi connectivity index (χ1v) is 8.88. The standard InChI is InChI=1S/C14H19N3O4S/c18-17(19)12-2-4-13(5-3-12)22(20,21)16-11-10-15-9-8-14(16)6-1-7-14/h2-5,15H,1,6-11H2. The zero-order chi connectivity index (χ0) is 15.8. The number of nitrogens with one attached hydrogen (secondary N) is 1. The van der Waals surface area contributed by atoms with E-state index in [9.17, 15) is 18.5 Å². The topological polar surface area (TPSA) is 92.5 Å². The minimum Gasteiger partial charge on any atom is -0.315 e. The van der Waals surface area contributed by atoms with Crippen molar-refractivity contribution in [2.24, 2.45) is 0 Å². The summed E-state index contributed by atoms with van der Waals surface area (Å²) < 4.78 is 27.5. The lowest BCUT2D eigenvalue weighted by Gasteiger charge is -2.48. The molecule has 1 heterocycles. The highest BCUT2D eigenvalue weighted by molar-refractivity contribution is 7.89. The van der Waals surface area contributed by atoms with Crippen LogP contribution in [0.4, 0.5) is 5.69 Å². The van der Waals surface area contributed by atoms with E-state index in [1.807, 2.05) is 0 Å². The quantitative estimate of drug-likeness (QED) is 0.671. The van der Waals surface area contributed by atoms with E-state index < -0.39 is 14.9 Å². The average molecular weight is 325 g/mol. The SMILES string of the molecule is O=[N+]([O-])c1ccc(S(=O)(=O)N2CCNCCC23CCC3)cc1. The lowest BCUT2D eigenvalue weighted by Crippen LogP contribution is -2.56. The fraction of sp³-hybridized carbons (Fsp3) is 0.571. The number of hydrogen-bond acceptors (Lipinski definition) is 5. The van der Waals surface area contributed by atoms with Crippen LogP contribution in [-0.2, 0) is 10.0 Å². The van der Waals surface area contributed by atoms with Crippen LogP contribution in [0, 0.1) is 10.1 Å². The largest absolute Gasteiger partial charge is 0.315 e. The minimum atomic E-state index is -3.63. The summed E-state index contributed by atoms with van der Waals surface area (Å²) in [6, 6.07) is 5.16. The van der Waals surface area contributed by atoms with Crippen LogP contribution in [-0.4, -0.2) is 42.8 Å². The molecule has 1 saturated heterocycles. The summed E-state index contributed by atoms with van der Waals surface area (Å²) in [6.07, 6.45) is 3.65. The average Bonchev–Trinajstić information content (AvgIpc) is 2.70. The van der Waals surface area contributed by atoms with Gasteiger partial charge in [0.15, 0.2) is 0 Å². The highest BCUT2D eigenvalue weighted by Crippen LogP contribution is 2.43. The van der Waals surface area contributed by atoms with Gasteiger partial charge in [-0.2, -0.15) is 4.31 Å². The molecule has 0 bridgehead atoms.